The van der Waals surface area contributed by atoms with Gasteiger partial charge in [-0.2, -0.15) is 0 Å². The Balaban J connectivity index is 2.90. The molecule has 80 valence electrons. The predicted octanol–water partition coefficient (Wildman–Crippen LogP) is 3.11. The van der Waals surface area contributed by atoms with E-state index in [4.69, 9.17) is 10.7 Å². The van der Waals surface area contributed by atoms with E-state index in [2.05, 4.69) is 0 Å². The average molecular weight is 269 g/mol. The van der Waals surface area contributed by atoms with Gasteiger partial charge in [-0.1, -0.05) is 0 Å². The van der Waals surface area contributed by atoms with Gasteiger partial charge in [0.25, 0.3) is 9.05 Å². The van der Waals surface area contributed by atoms with Crippen LogP contribution in [0.5, 0.6) is 0 Å². The molecular formula is C8H3ClF2O2S2. The first-order chi connectivity index (χ1) is 6.91. The number of fused-ring (bicyclic) bond motifs is 1. The van der Waals surface area contributed by atoms with Gasteiger partial charge in [-0.15, -0.1) is 11.3 Å². The van der Waals surface area contributed by atoms with Crippen LogP contribution >= 0.6 is 22.0 Å². The molecule has 2 nitrogen and oxygen atoms in total. The minimum absolute atomic E-state index is 0.0470. The summed E-state index contributed by atoms with van der Waals surface area (Å²) >= 11 is 0.803. The van der Waals surface area contributed by atoms with Crippen molar-refractivity contribution in [3.05, 3.63) is 29.1 Å². The van der Waals surface area contributed by atoms with E-state index >= 15 is 0 Å². The van der Waals surface area contributed by atoms with Crippen molar-refractivity contribution in [1.29, 1.82) is 0 Å². The molecule has 0 bridgehead atoms. The summed E-state index contributed by atoms with van der Waals surface area (Å²) in [6.07, 6.45) is 0. The first-order valence-corrected chi connectivity index (χ1v) is 6.90. The Morgan fingerprint density at radius 3 is 2.53 bits per heavy atom. The van der Waals surface area contributed by atoms with Gasteiger partial charge < -0.3 is 0 Å². The number of thiophene rings is 1. The van der Waals surface area contributed by atoms with E-state index in [-0.39, 0.29) is 15.0 Å². The summed E-state index contributed by atoms with van der Waals surface area (Å²) in [5.41, 5.74) is 0. The second-order valence-corrected chi connectivity index (χ2v) is 6.19. The highest BCUT2D eigenvalue weighted by atomic mass is 35.7. The molecule has 0 saturated carbocycles. The molecule has 0 aliphatic carbocycles. The minimum atomic E-state index is -3.92. The molecule has 0 radical (unpaired) electrons. The Morgan fingerprint density at radius 1 is 1.27 bits per heavy atom. The lowest BCUT2D eigenvalue weighted by molar-refractivity contribution is 0.518. The summed E-state index contributed by atoms with van der Waals surface area (Å²) in [7, 11) is 1.21. The number of benzene rings is 1. The fraction of sp³-hybridized carbons (Fsp3) is 0. The molecule has 15 heavy (non-hydrogen) atoms. The normalized spacial score (nSPS) is 12.2. The quantitative estimate of drug-likeness (QED) is 0.745. The van der Waals surface area contributed by atoms with Gasteiger partial charge in [-0.25, -0.2) is 17.2 Å². The highest BCUT2D eigenvalue weighted by Gasteiger charge is 2.19. The highest BCUT2D eigenvalue weighted by Crippen LogP contribution is 2.33. The van der Waals surface area contributed by atoms with E-state index in [0.29, 0.717) is 0 Å². The Kier molecular flexibility index (Phi) is 2.44. The van der Waals surface area contributed by atoms with Gasteiger partial charge in [0.15, 0.2) is 11.6 Å². The summed E-state index contributed by atoms with van der Waals surface area (Å²) in [6, 6.07) is 2.06. The molecule has 0 saturated heterocycles. The molecule has 2 aromatic rings. The lowest BCUT2D eigenvalue weighted by atomic mass is 10.2. The van der Waals surface area contributed by atoms with Crippen LogP contribution in [0.4, 0.5) is 8.78 Å². The van der Waals surface area contributed by atoms with Gasteiger partial charge in [0, 0.05) is 21.4 Å². The largest absolute Gasteiger partial charge is 0.262 e. The fourth-order valence-electron chi connectivity index (χ4n) is 1.21. The van der Waals surface area contributed by atoms with Crippen molar-refractivity contribution in [3.8, 4) is 0 Å². The predicted molar refractivity (Wildman–Crippen MR) is 54.8 cm³/mol. The zero-order valence-electron chi connectivity index (χ0n) is 7.00. The molecule has 0 amide bonds. The van der Waals surface area contributed by atoms with Crippen LogP contribution in [-0.4, -0.2) is 8.42 Å². The summed E-state index contributed by atoms with van der Waals surface area (Å²) in [5, 5.41) is 1.30. The maximum Gasteiger partial charge on any atom is 0.262 e. The summed E-state index contributed by atoms with van der Waals surface area (Å²) in [4.78, 5) is -0.192. The van der Waals surface area contributed by atoms with Crippen LogP contribution < -0.4 is 0 Å². The number of halogens is 3. The zero-order chi connectivity index (χ0) is 11.2. The Bertz CT molecular complexity index is 633. The molecule has 0 aliphatic rings. The van der Waals surface area contributed by atoms with Crippen molar-refractivity contribution >= 4 is 41.2 Å². The van der Waals surface area contributed by atoms with E-state index in [9.17, 15) is 17.2 Å². The van der Waals surface area contributed by atoms with Gasteiger partial charge in [-0.3, -0.25) is 0 Å². The number of hydrogen-bond donors (Lipinski definition) is 0. The molecular weight excluding hydrogens is 266 g/mol. The van der Waals surface area contributed by atoms with Gasteiger partial charge in [0.2, 0.25) is 0 Å². The van der Waals surface area contributed by atoms with Crippen molar-refractivity contribution < 1.29 is 17.2 Å². The van der Waals surface area contributed by atoms with E-state index in [1.54, 1.807) is 0 Å². The zero-order valence-corrected chi connectivity index (χ0v) is 9.39. The van der Waals surface area contributed by atoms with Gasteiger partial charge >= 0.3 is 0 Å². The van der Waals surface area contributed by atoms with Crippen LogP contribution in [0.25, 0.3) is 10.1 Å². The van der Waals surface area contributed by atoms with Crippen LogP contribution in [0, 0.1) is 11.6 Å². The van der Waals surface area contributed by atoms with Crippen LogP contribution in [-0.2, 0) is 9.05 Å². The van der Waals surface area contributed by atoms with Crippen LogP contribution in [0.15, 0.2) is 22.4 Å². The van der Waals surface area contributed by atoms with Crippen molar-refractivity contribution in [1.82, 2.24) is 0 Å². The van der Waals surface area contributed by atoms with E-state index < -0.39 is 20.7 Å². The Labute approximate surface area is 92.5 Å². The molecule has 0 unspecified atom stereocenters. The van der Waals surface area contributed by atoms with E-state index in [1.165, 1.54) is 11.4 Å². The van der Waals surface area contributed by atoms with Crippen molar-refractivity contribution in [2.24, 2.45) is 0 Å². The van der Waals surface area contributed by atoms with Crippen LogP contribution in [0.1, 0.15) is 0 Å². The molecule has 0 fully saturated rings. The Morgan fingerprint density at radius 2 is 1.93 bits per heavy atom. The lowest BCUT2D eigenvalue weighted by Gasteiger charge is -1.95. The number of hydrogen-bond acceptors (Lipinski definition) is 3. The fourth-order valence-corrected chi connectivity index (χ4v) is 3.74. The molecule has 1 heterocycles. The smallest absolute Gasteiger partial charge is 0.207 e. The highest BCUT2D eigenvalue weighted by molar-refractivity contribution is 8.14. The van der Waals surface area contributed by atoms with Gasteiger partial charge in [-0.05, 0) is 12.1 Å². The maximum absolute atomic E-state index is 13.2. The first kappa shape index (κ1) is 10.8. The molecule has 0 N–H and O–H groups in total. The van der Waals surface area contributed by atoms with Crippen LogP contribution in [0.3, 0.4) is 0 Å². The van der Waals surface area contributed by atoms with E-state index in [0.717, 1.165) is 17.4 Å². The lowest BCUT2D eigenvalue weighted by Crippen LogP contribution is -1.89. The molecule has 0 spiro atoms. The van der Waals surface area contributed by atoms with E-state index in [1.807, 2.05) is 0 Å². The molecule has 0 atom stereocenters. The third kappa shape index (κ3) is 1.73. The Hall–Kier alpha value is -0.720. The second-order valence-electron chi connectivity index (χ2n) is 2.78. The minimum Gasteiger partial charge on any atom is -0.207 e. The third-order valence-electron chi connectivity index (χ3n) is 1.86. The van der Waals surface area contributed by atoms with Crippen molar-refractivity contribution in [3.63, 3.8) is 0 Å². The van der Waals surface area contributed by atoms with Gasteiger partial charge in [0.05, 0.1) is 4.70 Å². The summed E-state index contributed by atoms with van der Waals surface area (Å²) in [6.45, 7) is 0. The second kappa shape index (κ2) is 3.40. The van der Waals surface area contributed by atoms with Gasteiger partial charge in [0.1, 0.15) is 4.90 Å². The molecule has 1 aromatic heterocycles. The standard InChI is InChI=1S/C8H3ClF2O2S2/c9-15(12,13)6-3-14-8-4(6)1-2-5(10)7(8)11/h1-3H. The molecule has 1 aromatic carbocycles. The number of rotatable bonds is 1. The topological polar surface area (TPSA) is 34.1 Å². The summed E-state index contributed by atoms with van der Waals surface area (Å²) in [5.74, 6) is -2.06. The first-order valence-electron chi connectivity index (χ1n) is 3.71. The molecule has 2 rings (SSSR count). The third-order valence-corrected chi connectivity index (χ3v) is 4.36. The summed E-state index contributed by atoms with van der Waals surface area (Å²) < 4.78 is 48.1. The van der Waals surface area contributed by atoms with Crippen molar-refractivity contribution in [2.45, 2.75) is 4.90 Å². The monoisotopic (exact) mass is 268 g/mol. The van der Waals surface area contributed by atoms with Crippen molar-refractivity contribution in [2.75, 3.05) is 0 Å². The molecule has 0 aliphatic heterocycles. The average Bonchev–Trinajstić information content (AvgIpc) is 2.54. The maximum atomic E-state index is 13.2. The van der Waals surface area contributed by atoms with Crippen LogP contribution in [0.2, 0.25) is 0 Å². The molecule has 7 heteroatoms. The SMILES string of the molecule is O=S(=O)(Cl)c1csc2c(F)c(F)ccc12.